The minimum atomic E-state index is -0.315. The molecule has 1 unspecified atom stereocenters. The molecule has 1 saturated heterocycles. The fraction of sp³-hybridized carbons (Fsp3) is 0.294. The molecule has 0 N–H and O–H groups in total. The lowest BCUT2D eigenvalue weighted by molar-refractivity contribution is -0.385. The van der Waals surface area contributed by atoms with Crippen LogP contribution in [0.4, 0.5) is 5.69 Å². The lowest BCUT2D eigenvalue weighted by Gasteiger charge is -2.33. The fourth-order valence-corrected chi connectivity index (χ4v) is 2.78. The number of hydrogen-bond acceptors (Lipinski definition) is 4. The van der Waals surface area contributed by atoms with Crippen molar-refractivity contribution < 1.29 is 9.66 Å². The summed E-state index contributed by atoms with van der Waals surface area (Å²) in [5.41, 5.74) is 2.08. The van der Waals surface area contributed by atoms with Crippen molar-refractivity contribution in [3.63, 3.8) is 0 Å². The summed E-state index contributed by atoms with van der Waals surface area (Å²) in [6.07, 6.45) is 0.0257. The zero-order chi connectivity index (χ0) is 15.4. The molecule has 0 amide bonds. The Morgan fingerprint density at radius 1 is 1.14 bits per heavy atom. The van der Waals surface area contributed by atoms with Crippen LogP contribution < -0.4 is 0 Å². The van der Waals surface area contributed by atoms with E-state index < -0.39 is 0 Å². The average molecular weight is 298 g/mol. The SMILES string of the molecule is O=[N+]([O-])c1ccccc1CN1CCOC(c2ccccc2)C1. The molecule has 114 valence electrons. The minimum absolute atomic E-state index is 0.0257. The van der Waals surface area contributed by atoms with Crippen LogP contribution in [0.5, 0.6) is 0 Å². The number of nitro groups is 1. The predicted octanol–water partition coefficient (Wildman–Crippen LogP) is 3.17. The summed E-state index contributed by atoms with van der Waals surface area (Å²) in [5.74, 6) is 0. The zero-order valence-electron chi connectivity index (χ0n) is 12.2. The van der Waals surface area contributed by atoms with Crippen LogP contribution in [0.2, 0.25) is 0 Å². The Kier molecular flexibility index (Phi) is 4.46. The number of para-hydroxylation sites is 1. The second-order valence-corrected chi connectivity index (χ2v) is 5.39. The molecule has 5 heteroatoms. The highest BCUT2D eigenvalue weighted by Crippen LogP contribution is 2.25. The van der Waals surface area contributed by atoms with Gasteiger partial charge in [-0.05, 0) is 5.56 Å². The quantitative estimate of drug-likeness (QED) is 0.642. The molecule has 0 spiro atoms. The van der Waals surface area contributed by atoms with Crippen LogP contribution in [0.15, 0.2) is 54.6 Å². The van der Waals surface area contributed by atoms with Crippen molar-refractivity contribution in [2.24, 2.45) is 0 Å². The first-order valence-electron chi connectivity index (χ1n) is 7.35. The Bertz CT molecular complexity index is 645. The highest BCUT2D eigenvalue weighted by Gasteiger charge is 2.23. The average Bonchev–Trinajstić information content (AvgIpc) is 2.56. The summed E-state index contributed by atoms with van der Waals surface area (Å²) in [6, 6.07) is 17.0. The van der Waals surface area contributed by atoms with Gasteiger partial charge in [-0.1, -0.05) is 48.5 Å². The van der Waals surface area contributed by atoms with Crippen molar-refractivity contribution in [2.75, 3.05) is 19.7 Å². The highest BCUT2D eigenvalue weighted by atomic mass is 16.6. The summed E-state index contributed by atoms with van der Waals surface area (Å²) in [7, 11) is 0. The number of hydrogen-bond donors (Lipinski definition) is 0. The summed E-state index contributed by atoms with van der Waals surface area (Å²) >= 11 is 0. The van der Waals surface area contributed by atoms with Gasteiger partial charge in [0.1, 0.15) is 0 Å². The Labute approximate surface area is 129 Å². The van der Waals surface area contributed by atoms with Crippen molar-refractivity contribution >= 4 is 5.69 Å². The van der Waals surface area contributed by atoms with Crippen LogP contribution in [0.3, 0.4) is 0 Å². The minimum Gasteiger partial charge on any atom is -0.371 e. The van der Waals surface area contributed by atoms with E-state index in [0.717, 1.165) is 24.2 Å². The van der Waals surface area contributed by atoms with E-state index in [1.807, 2.05) is 30.3 Å². The number of morpholine rings is 1. The summed E-state index contributed by atoms with van der Waals surface area (Å²) in [5, 5.41) is 11.1. The Hall–Kier alpha value is -2.24. The van der Waals surface area contributed by atoms with Gasteiger partial charge < -0.3 is 4.74 Å². The molecule has 1 aliphatic heterocycles. The third-order valence-corrected chi connectivity index (χ3v) is 3.90. The van der Waals surface area contributed by atoms with E-state index in [9.17, 15) is 10.1 Å². The first kappa shape index (κ1) is 14.7. The lowest BCUT2D eigenvalue weighted by Crippen LogP contribution is -2.37. The maximum absolute atomic E-state index is 11.1. The first-order valence-corrected chi connectivity index (χ1v) is 7.35. The summed E-state index contributed by atoms with van der Waals surface area (Å²) in [6.45, 7) is 2.75. The molecule has 0 radical (unpaired) electrons. The van der Waals surface area contributed by atoms with Crippen molar-refractivity contribution in [1.29, 1.82) is 0 Å². The predicted molar refractivity (Wildman–Crippen MR) is 83.5 cm³/mol. The standard InChI is InChI=1S/C17H18N2O3/c20-19(21)16-9-5-4-8-15(16)12-18-10-11-22-17(13-18)14-6-2-1-3-7-14/h1-9,17H,10-13H2. The van der Waals surface area contributed by atoms with Crippen LogP contribution in [0, 0.1) is 10.1 Å². The first-order chi connectivity index (χ1) is 10.7. The van der Waals surface area contributed by atoms with Gasteiger partial charge in [-0.2, -0.15) is 0 Å². The van der Waals surface area contributed by atoms with Gasteiger partial charge in [0.25, 0.3) is 5.69 Å². The zero-order valence-corrected chi connectivity index (χ0v) is 12.2. The Morgan fingerprint density at radius 3 is 2.64 bits per heavy atom. The third-order valence-electron chi connectivity index (χ3n) is 3.90. The van der Waals surface area contributed by atoms with Crippen LogP contribution >= 0.6 is 0 Å². The van der Waals surface area contributed by atoms with E-state index >= 15 is 0 Å². The van der Waals surface area contributed by atoms with Gasteiger partial charge in [0.2, 0.25) is 0 Å². The van der Waals surface area contributed by atoms with E-state index in [4.69, 9.17) is 4.74 Å². The molecular formula is C17H18N2O3. The molecule has 1 heterocycles. The molecular weight excluding hydrogens is 280 g/mol. The molecule has 5 nitrogen and oxygen atoms in total. The normalized spacial score (nSPS) is 19.0. The van der Waals surface area contributed by atoms with Gasteiger partial charge >= 0.3 is 0 Å². The number of rotatable bonds is 4. The van der Waals surface area contributed by atoms with Gasteiger partial charge in [0, 0.05) is 31.3 Å². The van der Waals surface area contributed by atoms with E-state index in [1.54, 1.807) is 12.1 Å². The molecule has 1 fully saturated rings. The smallest absolute Gasteiger partial charge is 0.273 e. The van der Waals surface area contributed by atoms with Crippen molar-refractivity contribution in [2.45, 2.75) is 12.6 Å². The third kappa shape index (κ3) is 3.32. The second-order valence-electron chi connectivity index (χ2n) is 5.39. The van der Waals surface area contributed by atoms with E-state index in [1.165, 1.54) is 0 Å². The summed E-state index contributed by atoms with van der Waals surface area (Å²) < 4.78 is 5.83. The fourth-order valence-electron chi connectivity index (χ4n) is 2.78. The molecule has 22 heavy (non-hydrogen) atoms. The molecule has 0 aromatic heterocycles. The Morgan fingerprint density at radius 2 is 1.86 bits per heavy atom. The lowest BCUT2D eigenvalue weighted by atomic mass is 10.1. The van der Waals surface area contributed by atoms with E-state index in [0.29, 0.717) is 13.2 Å². The van der Waals surface area contributed by atoms with Gasteiger partial charge in [0.05, 0.1) is 17.6 Å². The molecule has 0 bridgehead atoms. The van der Waals surface area contributed by atoms with E-state index in [-0.39, 0.29) is 16.7 Å². The van der Waals surface area contributed by atoms with Crippen LogP contribution in [-0.4, -0.2) is 29.5 Å². The maximum Gasteiger partial charge on any atom is 0.273 e. The van der Waals surface area contributed by atoms with Gasteiger partial charge in [-0.3, -0.25) is 15.0 Å². The van der Waals surface area contributed by atoms with Crippen molar-refractivity contribution in [1.82, 2.24) is 4.90 Å². The molecule has 1 aliphatic rings. The molecule has 2 aromatic carbocycles. The number of nitrogens with zero attached hydrogens (tertiary/aromatic N) is 2. The van der Waals surface area contributed by atoms with Crippen LogP contribution in [-0.2, 0) is 11.3 Å². The molecule has 0 aliphatic carbocycles. The number of benzene rings is 2. The van der Waals surface area contributed by atoms with Crippen LogP contribution in [0.25, 0.3) is 0 Å². The summed E-state index contributed by atoms with van der Waals surface area (Å²) in [4.78, 5) is 13.0. The number of ether oxygens (including phenoxy) is 1. The van der Waals surface area contributed by atoms with Crippen LogP contribution in [0.1, 0.15) is 17.2 Å². The molecule has 2 aromatic rings. The van der Waals surface area contributed by atoms with Gasteiger partial charge in [0.15, 0.2) is 0 Å². The van der Waals surface area contributed by atoms with Crippen molar-refractivity contribution in [3.8, 4) is 0 Å². The second kappa shape index (κ2) is 6.68. The van der Waals surface area contributed by atoms with Gasteiger partial charge in [-0.25, -0.2) is 0 Å². The highest BCUT2D eigenvalue weighted by molar-refractivity contribution is 5.39. The monoisotopic (exact) mass is 298 g/mol. The van der Waals surface area contributed by atoms with Gasteiger partial charge in [-0.15, -0.1) is 0 Å². The largest absolute Gasteiger partial charge is 0.371 e. The molecule has 3 rings (SSSR count). The molecule has 1 atom stereocenters. The molecule has 0 saturated carbocycles. The van der Waals surface area contributed by atoms with Crippen molar-refractivity contribution in [3.05, 3.63) is 75.8 Å². The number of nitro benzene ring substituents is 1. The van der Waals surface area contributed by atoms with E-state index in [2.05, 4.69) is 17.0 Å². The Balaban J connectivity index is 1.72. The maximum atomic E-state index is 11.1. The topological polar surface area (TPSA) is 55.6 Å².